The molecule has 1 N–H and O–H groups in total. The lowest BCUT2D eigenvalue weighted by atomic mass is 9.86. The van der Waals surface area contributed by atoms with E-state index in [-0.39, 0.29) is 12.2 Å². The highest BCUT2D eigenvalue weighted by atomic mass is 31.2. The van der Waals surface area contributed by atoms with Crippen LogP contribution in [0.4, 0.5) is 0 Å². The minimum Gasteiger partial charge on any atom is -0.490 e. The molecule has 0 saturated heterocycles. The van der Waals surface area contributed by atoms with Crippen LogP contribution in [0.3, 0.4) is 0 Å². The van der Waals surface area contributed by atoms with Crippen LogP contribution in [0.1, 0.15) is 61.1 Å². The molecule has 1 aliphatic heterocycles. The first-order valence-electron chi connectivity index (χ1n) is 17.2. The van der Waals surface area contributed by atoms with E-state index in [1.807, 2.05) is 90.9 Å². The van der Waals surface area contributed by atoms with Crippen LogP contribution in [0.5, 0.6) is 23.0 Å². The summed E-state index contributed by atoms with van der Waals surface area (Å²) in [6.45, 7) is 16.2. The average Bonchev–Trinajstić information content (AvgIpc) is 3.19. The topological polar surface area (TPSA) is 74.2 Å². The highest BCUT2D eigenvalue weighted by Gasteiger charge is 2.37. The maximum atomic E-state index is 14.1. The smallest absolute Gasteiger partial charge is 0.490 e. The van der Waals surface area contributed by atoms with Crippen molar-refractivity contribution in [2.45, 2.75) is 74.0 Å². The molecule has 6 nitrogen and oxygen atoms in total. The summed E-state index contributed by atoms with van der Waals surface area (Å²) in [6, 6.07) is 28.6. The van der Waals surface area contributed by atoms with E-state index in [0.29, 0.717) is 23.5 Å². The number of benzene rings is 6. The summed E-state index contributed by atoms with van der Waals surface area (Å²) in [4.78, 5) is 11.5. The maximum Gasteiger partial charge on any atom is 0.584 e. The van der Waals surface area contributed by atoms with Gasteiger partial charge in [0.2, 0.25) is 0 Å². The van der Waals surface area contributed by atoms with Gasteiger partial charge < -0.3 is 18.5 Å². The van der Waals surface area contributed by atoms with Gasteiger partial charge in [-0.25, -0.2) is 4.57 Å². The molecular weight excluding hydrogens is 643 g/mol. The second-order valence-corrected chi connectivity index (χ2v) is 15.2. The second kappa shape index (κ2) is 12.8. The molecule has 1 unspecified atom stereocenters. The van der Waals surface area contributed by atoms with Gasteiger partial charge >= 0.3 is 7.82 Å². The Hall–Kier alpha value is -4.77. The van der Waals surface area contributed by atoms with Crippen molar-refractivity contribution in [2.24, 2.45) is 0 Å². The largest absolute Gasteiger partial charge is 0.584 e. The Labute approximate surface area is 294 Å². The molecule has 6 aromatic rings. The Bertz CT molecular complexity index is 2330. The number of phosphoric acid groups is 1. The summed E-state index contributed by atoms with van der Waals surface area (Å²) < 4.78 is 38.9. The molecule has 0 saturated carbocycles. The Morgan fingerprint density at radius 1 is 0.640 bits per heavy atom. The summed E-state index contributed by atoms with van der Waals surface area (Å²) in [6.07, 6.45) is 0.495. The summed E-state index contributed by atoms with van der Waals surface area (Å²) >= 11 is 0. The summed E-state index contributed by atoms with van der Waals surface area (Å²) in [5.74, 6) is 2.35. The van der Waals surface area contributed by atoms with Crippen molar-refractivity contribution in [1.29, 1.82) is 0 Å². The van der Waals surface area contributed by atoms with Gasteiger partial charge in [0.25, 0.3) is 0 Å². The van der Waals surface area contributed by atoms with Gasteiger partial charge in [-0.2, -0.15) is 0 Å². The molecule has 0 aliphatic carbocycles. The van der Waals surface area contributed by atoms with Crippen molar-refractivity contribution in [3.8, 4) is 45.3 Å². The van der Waals surface area contributed by atoms with Gasteiger partial charge in [-0.3, -0.25) is 4.89 Å². The number of hydrogen-bond acceptors (Lipinski definition) is 5. The average molecular weight is 687 g/mol. The van der Waals surface area contributed by atoms with E-state index in [1.165, 1.54) is 0 Å². The maximum absolute atomic E-state index is 14.1. The molecule has 0 spiro atoms. The van der Waals surface area contributed by atoms with Crippen LogP contribution < -0.4 is 18.5 Å². The van der Waals surface area contributed by atoms with Crippen LogP contribution in [0, 0.1) is 27.7 Å². The van der Waals surface area contributed by atoms with E-state index < -0.39 is 7.82 Å². The fourth-order valence-electron chi connectivity index (χ4n) is 7.21. The van der Waals surface area contributed by atoms with E-state index in [1.54, 1.807) is 0 Å². The standard InChI is InChI=1S/C43H43O6P/c1-24(2)46-40-27(6)19-33(20-28(40)7)37-23-32-14-10-12-16-36(32)39-38-35-15-11-9-13-31(35)22-34(42(38)48-50(44,45)49-43(37)39)21-30-18-17-26(5)41(29(30)8)47-25(3)4/h9-20,22-25H,21H2,1-8H3,(H,44,45). The number of ether oxygens (including phenoxy) is 2. The zero-order valence-corrected chi connectivity index (χ0v) is 30.8. The van der Waals surface area contributed by atoms with E-state index in [9.17, 15) is 9.46 Å². The van der Waals surface area contributed by atoms with E-state index in [4.69, 9.17) is 18.5 Å². The van der Waals surface area contributed by atoms with Crippen LogP contribution in [0.2, 0.25) is 0 Å². The predicted octanol–water partition coefficient (Wildman–Crippen LogP) is 11.6. The van der Waals surface area contributed by atoms with Gasteiger partial charge in [-0.1, -0.05) is 60.7 Å². The van der Waals surface area contributed by atoms with Crippen molar-refractivity contribution in [3.05, 3.63) is 118 Å². The third-order valence-corrected chi connectivity index (χ3v) is 10.1. The van der Waals surface area contributed by atoms with E-state index >= 15 is 0 Å². The zero-order valence-electron chi connectivity index (χ0n) is 29.9. The van der Waals surface area contributed by atoms with Crippen molar-refractivity contribution in [2.75, 3.05) is 0 Å². The molecule has 50 heavy (non-hydrogen) atoms. The van der Waals surface area contributed by atoms with Gasteiger partial charge in [0.15, 0.2) is 0 Å². The lowest BCUT2D eigenvalue weighted by molar-refractivity contribution is 0.238. The lowest BCUT2D eigenvalue weighted by Gasteiger charge is -2.21. The third kappa shape index (κ3) is 6.12. The van der Waals surface area contributed by atoms with Gasteiger partial charge in [0.05, 0.1) is 12.2 Å². The summed E-state index contributed by atoms with van der Waals surface area (Å²) in [5, 5.41) is 3.76. The molecule has 1 atom stereocenters. The Balaban J connectivity index is 1.55. The minimum absolute atomic E-state index is 0.0193. The number of aryl methyl sites for hydroxylation is 3. The molecule has 6 aromatic carbocycles. The Morgan fingerprint density at radius 2 is 1.18 bits per heavy atom. The fourth-order valence-corrected chi connectivity index (χ4v) is 8.11. The first-order valence-corrected chi connectivity index (χ1v) is 18.7. The molecule has 0 radical (unpaired) electrons. The molecule has 7 rings (SSSR count). The van der Waals surface area contributed by atoms with Crippen molar-refractivity contribution >= 4 is 29.4 Å². The molecule has 1 aliphatic rings. The summed E-state index contributed by atoms with van der Waals surface area (Å²) in [5.41, 5.74) is 8.85. The molecule has 0 aromatic heterocycles. The molecule has 0 bridgehead atoms. The number of fused-ring (bicyclic) bond motifs is 7. The molecule has 0 amide bonds. The number of rotatable bonds is 7. The van der Waals surface area contributed by atoms with Gasteiger partial charge in [0, 0.05) is 28.7 Å². The monoisotopic (exact) mass is 686 g/mol. The molecule has 1 heterocycles. The van der Waals surface area contributed by atoms with Gasteiger partial charge in [0.1, 0.15) is 23.0 Å². The third-order valence-electron chi connectivity index (χ3n) is 9.32. The molecule has 7 heteroatoms. The van der Waals surface area contributed by atoms with Crippen molar-refractivity contribution in [1.82, 2.24) is 0 Å². The molecular formula is C43H43O6P. The van der Waals surface area contributed by atoms with Crippen molar-refractivity contribution in [3.63, 3.8) is 0 Å². The quantitative estimate of drug-likeness (QED) is 0.169. The number of phosphoric ester groups is 1. The highest BCUT2D eigenvalue weighted by molar-refractivity contribution is 7.48. The highest BCUT2D eigenvalue weighted by Crippen LogP contribution is 2.60. The van der Waals surface area contributed by atoms with Crippen LogP contribution in [0.25, 0.3) is 43.8 Å². The van der Waals surface area contributed by atoms with Gasteiger partial charge in [-0.15, -0.1) is 0 Å². The summed E-state index contributed by atoms with van der Waals surface area (Å²) in [7, 11) is -4.68. The second-order valence-electron chi connectivity index (χ2n) is 13.9. The van der Waals surface area contributed by atoms with Crippen LogP contribution in [0.15, 0.2) is 84.9 Å². The van der Waals surface area contributed by atoms with Gasteiger partial charge in [-0.05, 0) is 135 Å². The lowest BCUT2D eigenvalue weighted by Crippen LogP contribution is -2.09. The Morgan fingerprint density at radius 3 is 1.80 bits per heavy atom. The van der Waals surface area contributed by atoms with E-state index in [2.05, 4.69) is 49.4 Å². The van der Waals surface area contributed by atoms with Crippen LogP contribution in [-0.4, -0.2) is 17.1 Å². The van der Waals surface area contributed by atoms with E-state index in [0.717, 1.165) is 83.1 Å². The minimum atomic E-state index is -4.68. The molecule has 256 valence electrons. The van der Waals surface area contributed by atoms with Crippen LogP contribution >= 0.6 is 7.82 Å². The van der Waals surface area contributed by atoms with Crippen LogP contribution in [-0.2, 0) is 11.0 Å². The normalized spacial score (nSPS) is 15.4. The fraction of sp³-hybridized carbons (Fsp3) is 0.256. The first-order chi connectivity index (χ1) is 23.8. The first kappa shape index (κ1) is 33.7. The SMILES string of the molecule is Cc1cc(-c2cc3ccccc3c3c2OP(=O)(O)Oc2c(Cc4ccc(C)c(OC(C)C)c4C)cc4ccccc4c2-3)cc(C)c1OC(C)C. The zero-order chi connectivity index (χ0) is 35.5. The van der Waals surface area contributed by atoms with Crippen molar-refractivity contribution < 1.29 is 28.0 Å². The molecule has 0 fully saturated rings. The Kier molecular flexibility index (Phi) is 8.66. The number of hydrogen-bond donors (Lipinski definition) is 1. The predicted molar refractivity (Wildman–Crippen MR) is 203 cm³/mol.